The summed E-state index contributed by atoms with van der Waals surface area (Å²) < 4.78 is 0. The fourth-order valence-electron chi connectivity index (χ4n) is 3.76. The van der Waals surface area contributed by atoms with Gasteiger partial charge in [-0.05, 0) is 42.7 Å². The van der Waals surface area contributed by atoms with Crippen LogP contribution in [0.25, 0.3) is 0 Å². The van der Waals surface area contributed by atoms with Crippen molar-refractivity contribution in [2.75, 3.05) is 17.4 Å². The van der Waals surface area contributed by atoms with Crippen LogP contribution in [0.15, 0.2) is 53.1 Å². The number of nitro groups is 1. The second-order valence-electron chi connectivity index (χ2n) is 7.48. The molecule has 0 unspecified atom stereocenters. The van der Waals surface area contributed by atoms with E-state index in [1.165, 1.54) is 35.0 Å². The van der Waals surface area contributed by atoms with Gasteiger partial charge in [-0.2, -0.15) is 5.26 Å². The molecule has 0 aromatic heterocycles. The normalized spacial score (nSPS) is 18.8. The summed E-state index contributed by atoms with van der Waals surface area (Å²) in [7, 11) is 0. The Balaban J connectivity index is 1.64. The highest BCUT2D eigenvalue weighted by Gasteiger charge is 2.38. The lowest BCUT2D eigenvalue weighted by atomic mass is 9.86. The molecule has 0 aliphatic carbocycles. The zero-order valence-corrected chi connectivity index (χ0v) is 17.5. The number of non-ortho nitro benzene ring substituents is 1. The second kappa shape index (κ2) is 7.84. The first-order valence-corrected chi connectivity index (χ1v) is 10.5. The van der Waals surface area contributed by atoms with E-state index in [0.29, 0.717) is 23.1 Å². The second-order valence-corrected chi connectivity index (χ2v) is 8.41. The number of thioether (sulfide) groups is 1. The van der Waals surface area contributed by atoms with Gasteiger partial charge in [0.25, 0.3) is 5.69 Å². The molecule has 7 nitrogen and oxygen atoms in total. The minimum Gasteiger partial charge on any atom is -0.344 e. The predicted molar refractivity (Wildman–Crippen MR) is 116 cm³/mol. The maximum Gasteiger partial charge on any atom is 0.269 e. The Bertz CT molecular complexity index is 1100. The molecule has 2 heterocycles. The van der Waals surface area contributed by atoms with Gasteiger partial charge in [-0.15, -0.1) is 0 Å². The van der Waals surface area contributed by atoms with Crippen LogP contribution in [0, 0.1) is 35.3 Å². The van der Waals surface area contributed by atoms with Crippen LogP contribution in [0.2, 0.25) is 0 Å². The van der Waals surface area contributed by atoms with E-state index in [9.17, 15) is 20.2 Å². The maximum absolute atomic E-state index is 13.0. The average molecular weight is 420 g/mol. The van der Waals surface area contributed by atoms with E-state index >= 15 is 0 Å². The fraction of sp³-hybridized carbons (Fsp3) is 0.273. The Hall–Kier alpha value is -3.31. The SMILES string of the molecule is Cc1ccc(N2CSC3=C(C#N)[C@H](c4ccc([N+](=O)[O-])cc4)CC(=O)N3C2)cc1C. The molecular weight excluding hydrogens is 400 g/mol. The van der Waals surface area contributed by atoms with E-state index in [-0.39, 0.29) is 23.9 Å². The van der Waals surface area contributed by atoms with Gasteiger partial charge in [0.2, 0.25) is 5.91 Å². The molecule has 8 heteroatoms. The quantitative estimate of drug-likeness (QED) is 0.539. The first-order chi connectivity index (χ1) is 14.4. The minimum absolute atomic E-state index is 0.00949. The number of hydrogen-bond acceptors (Lipinski definition) is 6. The molecular formula is C22H20N4O3S. The Labute approximate surface area is 178 Å². The van der Waals surface area contributed by atoms with E-state index in [0.717, 1.165) is 11.3 Å². The van der Waals surface area contributed by atoms with Crippen LogP contribution in [0.3, 0.4) is 0 Å². The summed E-state index contributed by atoms with van der Waals surface area (Å²) in [6.45, 7) is 4.54. The molecule has 0 saturated carbocycles. The number of aryl methyl sites for hydroxylation is 2. The standard InChI is InChI=1S/C22H20N4O3S/c1-14-3-6-18(9-15(14)2)24-12-25-21(27)10-19(20(11-23)22(25)30-13-24)16-4-7-17(8-5-16)26(28)29/h3-9,19H,10,12-13H2,1-2H3/t19-/m0/s1. The third-order valence-electron chi connectivity index (χ3n) is 5.66. The van der Waals surface area contributed by atoms with Crippen molar-refractivity contribution in [1.29, 1.82) is 5.26 Å². The maximum atomic E-state index is 13.0. The number of fused-ring (bicyclic) bond motifs is 1. The van der Waals surface area contributed by atoms with Gasteiger partial charge < -0.3 is 4.90 Å². The van der Waals surface area contributed by atoms with Gasteiger partial charge in [-0.25, -0.2) is 0 Å². The third kappa shape index (κ3) is 3.53. The molecule has 1 amide bonds. The van der Waals surface area contributed by atoms with E-state index in [4.69, 9.17) is 0 Å². The number of benzene rings is 2. The summed E-state index contributed by atoms with van der Waals surface area (Å²) in [6, 6.07) is 14.6. The topological polar surface area (TPSA) is 90.5 Å². The van der Waals surface area contributed by atoms with Gasteiger partial charge in [-0.1, -0.05) is 30.0 Å². The summed E-state index contributed by atoms with van der Waals surface area (Å²) in [5.41, 5.74) is 4.75. The van der Waals surface area contributed by atoms with E-state index < -0.39 is 4.92 Å². The molecule has 1 fully saturated rings. The van der Waals surface area contributed by atoms with Crippen LogP contribution in [-0.2, 0) is 4.79 Å². The molecule has 0 radical (unpaired) electrons. The summed E-state index contributed by atoms with van der Waals surface area (Å²) >= 11 is 1.48. The van der Waals surface area contributed by atoms with E-state index in [1.54, 1.807) is 17.0 Å². The number of rotatable bonds is 3. The summed E-state index contributed by atoms with van der Waals surface area (Å²) in [6.07, 6.45) is 0.172. The molecule has 2 aromatic rings. The molecule has 1 atom stereocenters. The molecule has 1 saturated heterocycles. The van der Waals surface area contributed by atoms with Crippen molar-refractivity contribution in [2.45, 2.75) is 26.2 Å². The fourth-order valence-corrected chi connectivity index (χ4v) is 4.93. The Kier molecular flexibility index (Phi) is 5.22. The van der Waals surface area contributed by atoms with E-state index in [2.05, 4.69) is 43.0 Å². The van der Waals surface area contributed by atoms with Gasteiger partial charge in [0.05, 0.1) is 34.1 Å². The van der Waals surface area contributed by atoms with Crippen molar-refractivity contribution < 1.29 is 9.72 Å². The first-order valence-electron chi connectivity index (χ1n) is 9.53. The van der Waals surface area contributed by atoms with Crippen molar-refractivity contribution in [3.05, 3.63) is 79.9 Å². The molecule has 0 spiro atoms. The van der Waals surface area contributed by atoms with Gasteiger partial charge in [-0.3, -0.25) is 19.8 Å². The molecule has 152 valence electrons. The number of amides is 1. The average Bonchev–Trinajstić information content (AvgIpc) is 2.75. The molecule has 2 aromatic carbocycles. The Morgan fingerprint density at radius 3 is 2.53 bits per heavy atom. The van der Waals surface area contributed by atoms with Gasteiger partial charge in [0.15, 0.2) is 0 Å². The number of allylic oxidation sites excluding steroid dienone is 1. The zero-order valence-electron chi connectivity index (χ0n) is 16.7. The molecule has 2 aliphatic heterocycles. The number of nitrogens with zero attached hydrogens (tertiary/aromatic N) is 4. The molecule has 4 rings (SSSR count). The lowest BCUT2D eigenvalue weighted by Gasteiger charge is -2.42. The Morgan fingerprint density at radius 2 is 1.90 bits per heavy atom. The monoisotopic (exact) mass is 420 g/mol. The summed E-state index contributed by atoms with van der Waals surface area (Å²) in [5.74, 6) is 0.211. The van der Waals surface area contributed by atoms with E-state index in [1.807, 2.05) is 0 Å². The number of carbonyl (C=O) groups is 1. The van der Waals surface area contributed by atoms with Crippen LogP contribution in [-0.4, -0.2) is 28.3 Å². The van der Waals surface area contributed by atoms with Gasteiger partial charge in [0, 0.05) is 30.2 Å². The molecule has 0 bridgehead atoms. The number of nitriles is 1. The summed E-state index contributed by atoms with van der Waals surface area (Å²) in [4.78, 5) is 27.2. The molecule has 30 heavy (non-hydrogen) atoms. The highest BCUT2D eigenvalue weighted by molar-refractivity contribution is 8.03. The lowest BCUT2D eigenvalue weighted by Crippen LogP contribution is -2.47. The minimum atomic E-state index is -0.459. The Morgan fingerprint density at radius 1 is 1.17 bits per heavy atom. The van der Waals surface area contributed by atoms with Crippen LogP contribution in [0.1, 0.15) is 29.0 Å². The number of hydrogen-bond donors (Lipinski definition) is 0. The van der Waals surface area contributed by atoms with Crippen LogP contribution >= 0.6 is 11.8 Å². The van der Waals surface area contributed by atoms with Gasteiger partial charge in [0.1, 0.15) is 0 Å². The first kappa shape index (κ1) is 20.0. The van der Waals surface area contributed by atoms with Crippen molar-refractivity contribution in [1.82, 2.24) is 4.90 Å². The number of anilines is 1. The van der Waals surface area contributed by atoms with Crippen molar-refractivity contribution in [2.24, 2.45) is 0 Å². The molecule has 0 N–H and O–H groups in total. The smallest absolute Gasteiger partial charge is 0.269 e. The van der Waals surface area contributed by atoms with Crippen molar-refractivity contribution >= 4 is 29.0 Å². The van der Waals surface area contributed by atoms with Crippen molar-refractivity contribution in [3.63, 3.8) is 0 Å². The lowest BCUT2D eigenvalue weighted by molar-refractivity contribution is -0.384. The van der Waals surface area contributed by atoms with Crippen LogP contribution in [0.5, 0.6) is 0 Å². The molecule has 2 aliphatic rings. The summed E-state index contributed by atoms with van der Waals surface area (Å²) in [5, 5.41) is 21.5. The van der Waals surface area contributed by atoms with Crippen LogP contribution in [0.4, 0.5) is 11.4 Å². The number of nitro benzene ring substituents is 1. The highest BCUT2D eigenvalue weighted by Crippen LogP contribution is 2.43. The zero-order chi connectivity index (χ0) is 21.4. The van der Waals surface area contributed by atoms with Crippen molar-refractivity contribution in [3.8, 4) is 6.07 Å². The number of carbonyl (C=O) groups excluding carboxylic acids is 1. The third-order valence-corrected chi connectivity index (χ3v) is 6.81. The largest absolute Gasteiger partial charge is 0.344 e. The van der Waals surface area contributed by atoms with Crippen LogP contribution < -0.4 is 4.90 Å². The predicted octanol–water partition coefficient (Wildman–Crippen LogP) is 4.43. The highest BCUT2D eigenvalue weighted by atomic mass is 32.2. The van der Waals surface area contributed by atoms with Gasteiger partial charge >= 0.3 is 0 Å².